The summed E-state index contributed by atoms with van der Waals surface area (Å²) in [5, 5.41) is 0. The molecule has 14 heavy (non-hydrogen) atoms. The molecule has 1 aliphatic carbocycles. The Morgan fingerprint density at radius 1 is 1.43 bits per heavy atom. The van der Waals surface area contributed by atoms with Gasteiger partial charge in [0.05, 0.1) is 6.42 Å². The molecule has 0 unspecified atom stereocenters. The standard InChI is InChI=1S/C12H12BrN/c1-14-12(6-3-7-12)9-10-4-2-5-11(13)8-10/h2,4-5,8H,3,6-7,9H2. The molecule has 1 saturated carbocycles. The number of nitrogens with zero attached hydrogens (tertiary/aromatic N) is 1. The van der Waals surface area contributed by atoms with Crippen molar-refractivity contribution in [2.75, 3.05) is 0 Å². The maximum absolute atomic E-state index is 7.22. The average molecular weight is 250 g/mol. The van der Waals surface area contributed by atoms with Crippen LogP contribution in [-0.2, 0) is 6.42 Å². The topological polar surface area (TPSA) is 4.36 Å². The summed E-state index contributed by atoms with van der Waals surface area (Å²) in [6.45, 7) is 7.22. The quantitative estimate of drug-likeness (QED) is 0.702. The van der Waals surface area contributed by atoms with Crippen molar-refractivity contribution in [1.29, 1.82) is 0 Å². The molecule has 1 aromatic carbocycles. The summed E-state index contributed by atoms with van der Waals surface area (Å²) in [5.41, 5.74) is 1.20. The molecule has 0 heterocycles. The SMILES string of the molecule is [C-]#[N+]C1(Cc2cccc(Br)c2)CCC1. The van der Waals surface area contributed by atoms with E-state index in [1.54, 1.807) is 0 Å². The van der Waals surface area contributed by atoms with E-state index in [-0.39, 0.29) is 5.54 Å². The van der Waals surface area contributed by atoms with Gasteiger partial charge in [-0.25, -0.2) is 6.57 Å². The minimum atomic E-state index is -0.0687. The predicted molar refractivity (Wildman–Crippen MR) is 61.0 cm³/mol. The van der Waals surface area contributed by atoms with Crippen LogP contribution in [0.15, 0.2) is 28.7 Å². The molecule has 2 heteroatoms. The van der Waals surface area contributed by atoms with Crippen LogP contribution in [0.2, 0.25) is 0 Å². The molecule has 1 fully saturated rings. The molecule has 1 aromatic rings. The minimum Gasteiger partial charge on any atom is -0.310 e. The van der Waals surface area contributed by atoms with Crippen molar-refractivity contribution < 1.29 is 0 Å². The van der Waals surface area contributed by atoms with Crippen molar-refractivity contribution in [3.8, 4) is 0 Å². The summed E-state index contributed by atoms with van der Waals surface area (Å²) in [5.74, 6) is 0. The molecule has 1 aliphatic rings. The van der Waals surface area contributed by atoms with E-state index >= 15 is 0 Å². The van der Waals surface area contributed by atoms with Crippen LogP contribution in [0.25, 0.3) is 4.85 Å². The fourth-order valence-corrected chi connectivity index (χ4v) is 2.39. The highest BCUT2D eigenvalue weighted by molar-refractivity contribution is 9.10. The van der Waals surface area contributed by atoms with Gasteiger partial charge in [-0.15, -0.1) is 0 Å². The Kier molecular flexibility index (Phi) is 2.60. The van der Waals surface area contributed by atoms with Gasteiger partial charge < -0.3 is 4.85 Å². The first kappa shape index (κ1) is 9.73. The van der Waals surface area contributed by atoms with Crippen molar-refractivity contribution in [3.63, 3.8) is 0 Å². The van der Waals surface area contributed by atoms with Crippen molar-refractivity contribution in [2.45, 2.75) is 31.2 Å². The molecule has 0 atom stereocenters. The van der Waals surface area contributed by atoms with Crippen LogP contribution in [0, 0.1) is 6.57 Å². The maximum atomic E-state index is 7.22. The lowest BCUT2D eigenvalue weighted by molar-refractivity contribution is 0.301. The molecular weight excluding hydrogens is 238 g/mol. The minimum absolute atomic E-state index is 0.0687. The second-order valence-electron chi connectivity index (χ2n) is 4.00. The molecule has 1 nitrogen and oxygen atoms in total. The Hall–Kier alpha value is -0.810. The number of benzene rings is 1. The average Bonchev–Trinajstić information content (AvgIpc) is 2.11. The largest absolute Gasteiger partial charge is 0.310 e. The van der Waals surface area contributed by atoms with E-state index in [9.17, 15) is 0 Å². The molecule has 0 spiro atoms. The van der Waals surface area contributed by atoms with Crippen molar-refractivity contribution >= 4 is 15.9 Å². The van der Waals surface area contributed by atoms with Gasteiger partial charge in [0, 0.05) is 17.3 Å². The Morgan fingerprint density at radius 3 is 2.71 bits per heavy atom. The number of hydrogen-bond acceptors (Lipinski definition) is 0. The summed E-state index contributed by atoms with van der Waals surface area (Å²) in [7, 11) is 0. The van der Waals surface area contributed by atoms with Gasteiger partial charge in [-0.05, 0) is 24.1 Å². The van der Waals surface area contributed by atoms with Gasteiger partial charge in [0.2, 0.25) is 5.54 Å². The Labute approximate surface area is 93.1 Å². The first-order chi connectivity index (χ1) is 6.74. The van der Waals surface area contributed by atoms with Gasteiger partial charge in [0.15, 0.2) is 0 Å². The highest BCUT2D eigenvalue weighted by Crippen LogP contribution is 2.38. The second-order valence-corrected chi connectivity index (χ2v) is 4.91. The van der Waals surface area contributed by atoms with Crippen LogP contribution in [-0.4, -0.2) is 5.54 Å². The molecule has 0 N–H and O–H groups in total. The van der Waals surface area contributed by atoms with Gasteiger partial charge in [0.25, 0.3) is 0 Å². The normalized spacial score (nSPS) is 18.3. The monoisotopic (exact) mass is 249 g/mol. The third-order valence-electron chi connectivity index (χ3n) is 2.94. The summed E-state index contributed by atoms with van der Waals surface area (Å²) in [6, 6.07) is 8.28. The van der Waals surface area contributed by atoms with E-state index in [1.807, 2.05) is 12.1 Å². The fourth-order valence-electron chi connectivity index (χ4n) is 1.94. The zero-order chi connectivity index (χ0) is 10.0. The molecule has 2 rings (SSSR count). The summed E-state index contributed by atoms with van der Waals surface area (Å²) < 4.78 is 1.11. The molecule has 0 amide bonds. The zero-order valence-corrected chi connectivity index (χ0v) is 9.55. The van der Waals surface area contributed by atoms with Crippen LogP contribution in [0.3, 0.4) is 0 Å². The first-order valence-electron chi connectivity index (χ1n) is 4.87. The predicted octanol–water partition coefficient (Wildman–Crippen LogP) is 3.83. The van der Waals surface area contributed by atoms with Gasteiger partial charge in [-0.3, -0.25) is 0 Å². The Bertz CT molecular complexity index is 374. The van der Waals surface area contributed by atoms with Crippen LogP contribution in [0.5, 0.6) is 0 Å². The van der Waals surface area contributed by atoms with E-state index in [2.05, 4.69) is 32.9 Å². The van der Waals surface area contributed by atoms with Gasteiger partial charge >= 0.3 is 0 Å². The van der Waals surface area contributed by atoms with E-state index < -0.39 is 0 Å². The summed E-state index contributed by atoms with van der Waals surface area (Å²) >= 11 is 3.45. The van der Waals surface area contributed by atoms with Crippen molar-refractivity contribution in [3.05, 3.63) is 45.7 Å². The lowest BCUT2D eigenvalue weighted by Crippen LogP contribution is -2.35. The second kappa shape index (κ2) is 3.74. The van der Waals surface area contributed by atoms with E-state index in [0.717, 1.165) is 23.7 Å². The summed E-state index contributed by atoms with van der Waals surface area (Å²) in [6.07, 6.45) is 4.28. The van der Waals surface area contributed by atoms with Gasteiger partial charge in [-0.1, -0.05) is 28.1 Å². The maximum Gasteiger partial charge on any atom is 0.236 e. The number of halogens is 1. The Morgan fingerprint density at radius 2 is 2.21 bits per heavy atom. The van der Waals surface area contributed by atoms with Crippen LogP contribution < -0.4 is 0 Å². The van der Waals surface area contributed by atoms with E-state index in [0.29, 0.717) is 0 Å². The molecule has 72 valence electrons. The molecule has 0 bridgehead atoms. The highest BCUT2D eigenvalue weighted by atomic mass is 79.9. The number of rotatable bonds is 2. The molecule has 0 aromatic heterocycles. The smallest absolute Gasteiger partial charge is 0.236 e. The van der Waals surface area contributed by atoms with Gasteiger partial charge in [-0.2, -0.15) is 0 Å². The van der Waals surface area contributed by atoms with Crippen molar-refractivity contribution in [1.82, 2.24) is 0 Å². The first-order valence-corrected chi connectivity index (χ1v) is 5.66. The zero-order valence-electron chi connectivity index (χ0n) is 7.96. The fraction of sp³-hybridized carbons (Fsp3) is 0.417. The third-order valence-corrected chi connectivity index (χ3v) is 3.44. The molecule has 0 radical (unpaired) electrons. The van der Waals surface area contributed by atoms with E-state index in [1.165, 1.54) is 12.0 Å². The van der Waals surface area contributed by atoms with Crippen molar-refractivity contribution in [2.24, 2.45) is 0 Å². The summed E-state index contributed by atoms with van der Waals surface area (Å²) in [4.78, 5) is 3.78. The Balaban J connectivity index is 2.14. The molecule has 0 aliphatic heterocycles. The van der Waals surface area contributed by atoms with Gasteiger partial charge in [0.1, 0.15) is 0 Å². The van der Waals surface area contributed by atoms with E-state index in [4.69, 9.17) is 6.57 Å². The number of hydrogen-bond donors (Lipinski definition) is 0. The highest BCUT2D eigenvalue weighted by Gasteiger charge is 2.43. The lowest BCUT2D eigenvalue weighted by Gasteiger charge is -2.30. The molecular formula is C12H12BrN. The molecule has 0 saturated heterocycles. The third kappa shape index (κ3) is 1.83. The van der Waals surface area contributed by atoms with Crippen LogP contribution in [0.4, 0.5) is 0 Å². The van der Waals surface area contributed by atoms with Crippen LogP contribution in [0.1, 0.15) is 24.8 Å². The lowest BCUT2D eigenvalue weighted by atomic mass is 9.73. The van der Waals surface area contributed by atoms with Crippen LogP contribution >= 0.6 is 15.9 Å².